The van der Waals surface area contributed by atoms with Crippen molar-refractivity contribution >= 4 is 0 Å². The van der Waals surface area contributed by atoms with Gasteiger partial charge in [0.05, 0.1) is 6.54 Å². The van der Waals surface area contributed by atoms with Gasteiger partial charge in [-0.3, -0.25) is 4.90 Å². The second-order valence-corrected chi connectivity index (χ2v) is 6.52. The molecule has 0 amide bonds. The van der Waals surface area contributed by atoms with Crippen LogP contribution in [-0.4, -0.2) is 22.1 Å². The molecule has 0 saturated carbocycles. The number of hydrogen-bond donors (Lipinski definition) is 0. The highest BCUT2D eigenvalue weighted by molar-refractivity contribution is 5.22. The monoisotopic (exact) mass is 309 g/mol. The summed E-state index contributed by atoms with van der Waals surface area (Å²) in [5.41, 5.74) is 0.110. The molecule has 0 radical (unpaired) electrons. The Bertz CT molecular complexity index is 649. The Balaban J connectivity index is 2.13. The van der Waals surface area contributed by atoms with Crippen molar-refractivity contribution in [2.45, 2.75) is 45.7 Å². The lowest BCUT2D eigenvalue weighted by Crippen LogP contribution is -2.23. The van der Waals surface area contributed by atoms with Gasteiger partial charge in [0.15, 0.2) is 5.82 Å². The van der Waals surface area contributed by atoms with Gasteiger partial charge in [-0.25, -0.2) is 8.78 Å². The first-order valence-corrected chi connectivity index (χ1v) is 7.16. The van der Waals surface area contributed by atoms with Crippen LogP contribution in [0.15, 0.2) is 22.7 Å². The highest BCUT2D eigenvalue weighted by Gasteiger charge is 2.23. The van der Waals surface area contributed by atoms with Crippen LogP contribution in [-0.2, 0) is 12.0 Å². The largest absolute Gasteiger partial charge is 0.338 e. The normalized spacial score (nSPS) is 13.6. The predicted molar refractivity (Wildman–Crippen MR) is 79.2 cm³/mol. The van der Waals surface area contributed by atoms with Crippen molar-refractivity contribution in [3.63, 3.8) is 0 Å². The molecule has 0 saturated heterocycles. The second kappa shape index (κ2) is 6.12. The fourth-order valence-corrected chi connectivity index (χ4v) is 2.05. The lowest BCUT2D eigenvalue weighted by molar-refractivity contribution is 0.212. The number of rotatable bonds is 4. The standard InChI is InChI=1S/C16H21F2N3O/c1-10(12-8-11(17)6-7-13(12)18)21(5)9-14-19-15(20-22-14)16(2,3)4/h6-8,10H,9H2,1-5H3. The first-order valence-electron chi connectivity index (χ1n) is 7.16. The molecule has 0 aliphatic rings. The van der Waals surface area contributed by atoms with Gasteiger partial charge in [0.25, 0.3) is 0 Å². The van der Waals surface area contributed by atoms with Gasteiger partial charge < -0.3 is 4.52 Å². The number of benzene rings is 1. The van der Waals surface area contributed by atoms with E-state index in [2.05, 4.69) is 10.1 Å². The summed E-state index contributed by atoms with van der Waals surface area (Å²) >= 11 is 0. The van der Waals surface area contributed by atoms with Gasteiger partial charge in [-0.15, -0.1) is 0 Å². The molecule has 0 aliphatic carbocycles. The molecule has 22 heavy (non-hydrogen) atoms. The molecule has 6 heteroatoms. The lowest BCUT2D eigenvalue weighted by atomic mass is 9.96. The molecule has 1 unspecified atom stereocenters. The van der Waals surface area contributed by atoms with Crippen molar-refractivity contribution in [1.29, 1.82) is 0 Å². The smallest absolute Gasteiger partial charge is 0.240 e. The summed E-state index contributed by atoms with van der Waals surface area (Å²) in [6.45, 7) is 8.15. The molecular weight excluding hydrogens is 288 g/mol. The van der Waals surface area contributed by atoms with E-state index >= 15 is 0 Å². The van der Waals surface area contributed by atoms with E-state index in [1.54, 1.807) is 14.0 Å². The van der Waals surface area contributed by atoms with Crippen molar-refractivity contribution in [2.24, 2.45) is 0 Å². The molecule has 2 aromatic rings. The third-order valence-electron chi connectivity index (χ3n) is 3.59. The summed E-state index contributed by atoms with van der Waals surface area (Å²) in [7, 11) is 1.80. The zero-order valence-corrected chi connectivity index (χ0v) is 13.5. The molecule has 1 atom stereocenters. The van der Waals surface area contributed by atoms with Crippen molar-refractivity contribution in [3.05, 3.63) is 47.1 Å². The zero-order valence-electron chi connectivity index (χ0n) is 13.5. The van der Waals surface area contributed by atoms with Crippen molar-refractivity contribution < 1.29 is 13.3 Å². The van der Waals surface area contributed by atoms with Gasteiger partial charge >= 0.3 is 0 Å². The van der Waals surface area contributed by atoms with E-state index in [1.165, 1.54) is 6.07 Å². The van der Waals surface area contributed by atoms with E-state index in [1.807, 2.05) is 25.7 Å². The van der Waals surface area contributed by atoms with Gasteiger partial charge in [0.2, 0.25) is 5.89 Å². The van der Waals surface area contributed by atoms with Crippen LogP contribution in [0.25, 0.3) is 0 Å². The van der Waals surface area contributed by atoms with Gasteiger partial charge in [0, 0.05) is 17.0 Å². The average Bonchev–Trinajstić information content (AvgIpc) is 2.89. The summed E-state index contributed by atoms with van der Waals surface area (Å²) in [6, 6.07) is 3.14. The second-order valence-electron chi connectivity index (χ2n) is 6.52. The minimum atomic E-state index is -0.454. The quantitative estimate of drug-likeness (QED) is 0.860. The van der Waals surface area contributed by atoms with Crippen LogP contribution in [0.3, 0.4) is 0 Å². The van der Waals surface area contributed by atoms with Crippen LogP contribution in [0.1, 0.15) is 51.0 Å². The molecule has 120 valence electrons. The maximum Gasteiger partial charge on any atom is 0.240 e. The molecular formula is C16H21F2N3O. The Hall–Kier alpha value is -1.82. The molecule has 1 heterocycles. The number of nitrogens with zero attached hydrogens (tertiary/aromatic N) is 3. The molecule has 1 aromatic carbocycles. The third kappa shape index (κ3) is 3.68. The Morgan fingerprint density at radius 2 is 1.95 bits per heavy atom. The predicted octanol–water partition coefficient (Wildman–Crippen LogP) is 3.84. The van der Waals surface area contributed by atoms with Crippen LogP contribution in [0.5, 0.6) is 0 Å². The fraction of sp³-hybridized carbons (Fsp3) is 0.500. The molecule has 2 rings (SSSR count). The maximum atomic E-state index is 13.8. The van der Waals surface area contributed by atoms with Crippen molar-refractivity contribution in [2.75, 3.05) is 7.05 Å². The van der Waals surface area contributed by atoms with E-state index in [9.17, 15) is 8.78 Å². The van der Waals surface area contributed by atoms with E-state index < -0.39 is 11.6 Å². The highest BCUT2D eigenvalue weighted by Crippen LogP contribution is 2.25. The summed E-state index contributed by atoms with van der Waals surface area (Å²) in [5, 5.41) is 3.96. The van der Waals surface area contributed by atoms with Gasteiger partial charge in [-0.2, -0.15) is 4.98 Å². The Morgan fingerprint density at radius 3 is 2.55 bits per heavy atom. The Morgan fingerprint density at radius 1 is 1.27 bits per heavy atom. The van der Waals surface area contributed by atoms with Crippen LogP contribution in [0.2, 0.25) is 0 Å². The third-order valence-corrected chi connectivity index (χ3v) is 3.59. The minimum absolute atomic E-state index is 0.194. The molecule has 0 N–H and O–H groups in total. The Kier molecular flexibility index (Phi) is 4.60. The molecule has 4 nitrogen and oxygen atoms in total. The average molecular weight is 309 g/mol. The molecule has 0 spiro atoms. The Labute approximate surface area is 129 Å². The molecule has 0 bridgehead atoms. The van der Waals surface area contributed by atoms with E-state index in [-0.39, 0.29) is 11.5 Å². The van der Waals surface area contributed by atoms with Crippen molar-refractivity contribution in [3.8, 4) is 0 Å². The van der Waals surface area contributed by atoms with E-state index in [4.69, 9.17) is 4.52 Å². The number of hydrogen-bond acceptors (Lipinski definition) is 4. The molecule has 1 aromatic heterocycles. The summed E-state index contributed by atoms with van der Waals surface area (Å²) < 4.78 is 32.4. The first kappa shape index (κ1) is 16.5. The van der Waals surface area contributed by atoms with Crippen LogP contribution < -0.4 is 0 Å². The fourth-order valence-electron chi connectivity index (χ4n) is 2.05. The van der Waals surface area contributed by atoms with Gasteiger partial charge in [-0.05, 0) is 32.2 Å². The zero-order chi connectivity index (χ0) is 16.5. The molecule has 0 fully saturated rings. The van der Waals surface area contributed by atoms with Crippen LogP contribution in [0.4, 0.5) is 8.78 Å². The van der Waals surface area contributed by atoms with E-state index in [0.29, 0.717) is 23.8 Å². The molecule has 0 aliphatic heterocycles. The summed E-state index contributed by atoms with van der Waals surface area (Å²) in [5.74, 6) is 0.197. The SMILES string of the molecule is CC(c1cc(F)ccc1F)N(C)Cc1nc(C(C)(C)C)no1. The maximum absolute atomic E-state index is 13.8. The lowest BCUT2D eigenvalue weighted by Gasteiger charge is -2.23. The first-order chi connectivity index (χ1) is 10.2. The summed E-state index contributed by atoms with van der Waals surface area (Å²) in [4.78, 5) is 6.18. The van der Waals surface area contributed by atoms with E-state index in [0.717, 1.165) is 12.1 Å². The van der Waals surface area contributed by atoms with Crippen LogP contribution >= 0.6 is 0 Å². The van der Waals surface area contributed by atoms with Gasteiger partial charge in [0.1, 0.15) is 11.6 Å². The van der Waals surface area contributed by atoms with Crippen molar-refractivity contribution in [1.82, 2.24) is 15.0 Å². The number of halogens is 2. The van der Waals surface area contributed by atoms with Crippen LogP contribution in [0, 0.1) is 11.6 Å². The topological polar surface area (TPSA) is 42.2 Å². The summed E-state index contributed by atoms with van der Waals surface area (Å²) in [6.07, 6.45) is 0. The van der Waals surface area contributed by atoms with Gasteiger partial charge in [-0.1, -0.05) is 25.9 Å². The number of aromatic nitrogens is 2. The minimum Gasteiger partial charge on any atom is -0.338 e. The highest BCUT2D eigenvalue weighted by atomic mass is 19.1.